The molecule has 18 heavy (non-hydrogen) atoms. The lowest BCUT2D eigenvalue weighted by molar-refractivity contribution is -0.116. The zero-order valence-electron chi connectivity index (χ0n) is 10.4. The molecular formula is C14H17NO3. The van der Waals surface area contributed by atoms with Gasteiger partial charge in [-0.2, -0.15) is 0 Å². The first kappa shape index (κ1) is 13.9. The van der Waals surface area contributed by atoms with Crippen LogP contribution in [-0.2, 0) is 4.79 Å². The molecule has 0 atom stereocenters. The van der Waals surface area contributed by atoms with Gasteiger partial charge in [-0.25, -0.2) is 0 Å². The number of anilines is 1. The fraction of sp³-hybridized carbons (Fsp3) is 0.357. The van der Waals surface area contributed by atoms with Crippen LogP contribution in [0.25, 0.3) is 0 Å². The van der Waals surface area contributed by atoms with E-state index in [0.29, 0.717) is 24.3 Å². The van der Waals surface area contributed by atoms with Crippen molar-refractivity contribution in [3.05, 3.63) is 18.2 Å². The Hall–Kier alpha value is -2.15. The molecule has 0 spiro atoms. The molecule has 0 aromatic heterocycles. The number of ether oxygens (including phenoxy) is 1. The van der Waals surface area contributed by atoms with Gasteiger partial charge in [-0.15, -0.1) is 12.3 Å². The number of hydrogen-bond acceptors (Lipinski definition) is 3. The summed E-state index contributed by atoms with van der Waals surface area (Å²) in [5, 5.41) is 12.3. The lowest BCUT2D eigenvalue weighted by atomic mass is 10.2. The fourth-order valence-electron chi connectivity index (χ4n) is 1.47. The molecule has 2 N–H and O–H groups in total. The van der Waals surface area contributed by atoms with E-state index in [0.717, 1.165) is 12.8 Å². The first-order chi connectivity index (χ1) is 8.67. The molecule has 0 aliphatic heterocycles. The third-order valence-electron chi connectivity index (χ3n) is 2.45. The smallest absolute Gasteiger partial charge is 0.224 e. The molecule has 0 fully saturated rings. The number of nitrogens with one attached hydrogen (secondary N) is 1. The van der Waals surface area contributed by atoms with Gasteiger partial charge in [0.15, 0.2) is 0 Å². The van der Waals surface area contributed by atoms with Gasteiger partial charge in [-0.3, -0.25) is 4.79 Å². The van der Waals surface area contributed by atoms with Crippen molar-refractivity contribution in [3.63, 3.8) is 0 Å². The number of terminal acetylenes is 1. The summed E-state index contributed by atoms with van der Waals surface area (Å²) >= 11 is 0. The Labute approximate surface area is 107 Å². The first-order valence-electron chi connectivity index (χ1n) is 5.77. The summed E-state index contributed by atoms with van der Waals surface area (Å²) in [5.41, 5.74) is 0.387. The largest absolute Gasteiger partial charge is 0.506 e. The Morgan fingerprint density at radius 3 is 2.89 bits per heavy atom. The lowest BCUT2D eigenvalue weighted by Gasteiger charge is -2.08. The first-order valence-corrected chi connectivity index (χ1v) is 5.77. The summed E-state index contributed by atoms with van der Waals surface area (Å²) in [6.07, 6.45) is 7.77. The van der Waals surface area contributed by atoms with E-state index in [1.807, 2.05) is 0 Å². The molecule has 0 heterocycles. The number of methoxy groups -OCH3 is 1. The summed E-state index contributed by atoms with van der Waals surface area (Å²) in [6.45, 7) is 0. The number of phenolic OH excluding ortho intramolecular Hbond substituents is 1. The number of rotatable bonds is 6. The van der Waals surface area contributed by atoms with E-state index in [4.69, 9.17) is 11.2 Å². The van der Waals surface area contributed by atoms with Gasteiger partial charge < -0.3 is 15.2 Å². The number of phenols is 1. The molecule has 1 aromatic rings. The van der Waals surface area contributed by atoms with E-state index < -0.39 is 0 Å². The van der Waals surface area contributed by atoms with E-state index in [1.165, 1.54) is 13.2 Å². The highest BCUT2D eigenvalue weighted by Crippen LogP contribution is 2.27. The van der Waals surface area contributed by atoms with Crippen LogP contribution in [-0.4, -0.2) is 18.1 Å². The number of carbonyl (C=O) groups excluding carboxylic acids is 1. The number of unbranched alkanes of at least 4 members (excludes halogenated alkanes) is 2. The molecule has 4 nitrogen and oxygen atoms in total. The monoisotopic (exact) mass is 247 g/mol. The van der Waals surface area contributed by atoms with E-state index in [1.54, 1.807) is 12.1 Å². The highest BCUT2D eigenvalue weighted by Gasteiger charge is 2.07. The number of hydrogen-bond donors (Lipinski definition) is 2. The Bertz CT molecular complexity index is 449. The summed E-state index contributed by atoms with van der Waals surface area (Å²) < 4.78 is 4.96. The molecule has 0 unspecified atom stereocenters. The van der Waals surface area contributed by atoms with Crippen LogP contribution in [0.4, 0.5) is 5.69 Å². The van der Waals surface area contributed by atoms with Crippen LogP contribution in [0.5, 0.6) is 11.5 Å². The van der Waals surface area contributed by atoms with Crippen LogP contribution < -0.4 is 10.1 Å². The van der Waals surface area contributed by atoms with Gasteiger partial charge in [0.25, 0.3) is 0 Å². The topological polar surface area (TPSA) is 58.6 Å². The third kappa shape index (κ3) is 4.38. The Morgan fingerprint density at radius 1 is 1.50 bits per heavy atom. The molecule has 1 amide bonds. The summed E-state index contributed by atoms with van der Waals surface area (Å²) in [7, 11) is 1.51. The lowest BCUT2D eigenvalue weighted by Crippen LogP contribution is -2.11. The number of benzene rings is 1. The van der Waals surface area contributed by atoms with Crippen LogP contribution in [0.15, 0.2) is 18.2 Å². The van der Waals surface area contributed by atoms with Crippen molar-refractivity contribution in [2.45, 2.75) is 25.7 Å². The van der Waals surface area contributed by atoms with Gasteiger partial charge >= 0.3 is 0 Å². The van der Waals surface area contributed by atoms with Gasteiger partial charge in [-0.1, -0.05) is 0 Å². The average Bonchev–Trinajstić information content (AvgIpc) is 2.37. The Morgan fingerprint density at radius 2 is 2.28 bits per heavy atom. The minimum absolute atomic E-state index is 0.00803. The van der Waals surface area contributed by atoms with E-state index in [2.05, 4.69) is 11.2 Å². The number of aromatic hydroxyl groups is 1. The molecule has 0 saturated carbocycles. The van der Waals surface area contributed by atoms with Crippen molar-refractivity contribution < 1.29 is 14.6 Å². The molecule has 1 aromatic carbocycles. The van der Waals surface area contributed by atoms with E-state index in [-0.39, 0.29) is 11.7 Å². The van der Waals surface area contributed by atoms with E-state index >= 15 is 0 Å². The normalized spacial score (nSPS) is 9.56. The van der Waals surface area contributed by atoms with E-state index in [9.17, 15) is 9.90 Å². The standard InChI is InChI=1S/C14H17NO3/c1-3-4-5-6-7-14(17)15-12-9-8-11(18-2)10-13(12)16/h1,8-10,16H,4-7H2,2H3,(H,15,17). The molecule has 0 saturated heterocycles. The van der Waals surface area contributed by atoms with Gasteiger partial charge in [0.05, 0.1) is 12.8 Å². The maximum atomic E-state index is 11.6. The quantitative estimate of drug-likeness (QED) is 0.461. The minimum Gasteiger partial charge on any atom is -0.506 e. The van der Waals surface area contributed by atoms with Crippen molar-refractivity contribution in [2.24, 2.45) is 0 Å². The summed E-state index contributed by atoms with van der Waals surface area (Å²) in [4.78, 5) is 11.6. The highest BCUT2D eigenvalue weighted by molar-refractivity contribution is 5.92. The van der Waals surface area contributed by atoms with Gasteiger partial charge in [0, 0.05) is 18.9 Å². The second kappa shape index (κ2) is 7.23. The maximum absolute atomic E-state index is 11.6. The maximum Gasteiger partial charge on any atom is 0.224 e. The summed E-state index contributed by atoms with van der Waals surface area (Å²) in [5.74, 6) is 2.93. The second-order valence-electron chi connectivity index (χ2n) is 3.84. The predicted octanol–water partition coefficient (Wildman–Crippen LogP) is 2.53. The fourth-order valence-corrected chi connectivity index (χ4v) is 1.47. The zero-order valence-corrected chi connectivity index (χ0v) is 10.4. The molecule has 0 radical (unpaired) electrons. The number of carbonyl (C=O) groups is 1. The SMILES string of the molecule is C#CCCCCC(=O)Nc1ccc(OC)cc1O. The van der Waals surface area contributed by atoms with Gasteiger partial charge in [0.2, 0.25) is 5.91 Å². The van der Waals surface area contributed by atoms with Crippen LogP contribution >= 0.6 is 0 Å². The second-order valence-corrected chi connectivity index (χ2v) is 3.84. The van der Waals surface area contributed by atoms with Crippen LogP contribution in [0.1, 0.15) is 25.7 Å². The van der Waals surface area contributed by atoms with Gasteiger partial charge in [-0.05, 0) is 25.0 Å². The molecule has 0 aliphatic carbocycles. The van der Waals surface area contributed by atoms with Crippen LogP contribution in [0.2, 0.25) is 0 Å². The van der Waals surface area contributed by atoms with Crippen LogP contribution in [0.3, 0.4) is 0 Å². The zero-order chi connectivity index (χ0) is 13.4. The van der Waals surface area contributed by atoms with Crippen molar-refractivity contribution in [1.29, 1.82) is 0 Å². The predicted molar refractivity (Wildman–Crippen MR) is 70.6 cm³/mol. The Kier molecular flexibility index (Phi) is 5.59. The molecule has 96 valence electrons. The third-order valence-corrected chi connectivity index (χ3v) is 2.45. The average molecular weight is 247 g/mol. The molecule has 1 rings (SSSR count). The van der Waals surface area contributed by atoms with Crippen molar-refractivity contribution in [3.8, 4) is 23.8 Å². The van der Waals surface area contributed by atoms with Gasteiger partial charge in [0.1, 0.15) is 11.5 Å². The molecule has 4 heteroatoms. The molecular weight excluding hydrogens is 230 g/mol. The Balaban J connectivity index is 2.47. The molecule has 0 bridgehead atoms. The summed E-state index contributed by atoms with van der Waals surface area (Å²) in [6, 6.07) is 4.73. The minimum atomic E-state index is -0.132. The molecule has 0 aliphatic rings. The van der Waals surface area contributed by atoms with Crippen molar-refractivity contribution >= 4 is 11.6 Å². The highest BCUT2D eigenvalue weighted by atomic mass is 16.5. The van der Waals surface area contributed by atoms with Crippen molar-refractivity contribution in [1.82, 2.24) is 0 Å². The van der Waals surface area contributed by atoms with Crippen molar-refractivity contribution in [2.75, 3.05) is 12.4 Å². The van der Waals surface area contributed by atoms with Crippen LogP contribution in [0, 0.1) is 12.3 Å². The number of amides is 1.